The molecule has 0 saturated heterocycles. The lowest BCUT2D eigenvalue weighted by atomic mass is 9.39. The van der Waals surface area contributed by atoms with E-state index in [4.69, 9.17) is 27.9 Å². The number of hydrogen-bond acceptors (Lipinski definition) is 3. The highest BCUT2D eigenvalue weighted by molar-refractivity contribution is 6.31. The molecule has 7 heteroatoms. The second-order valence-corrected chi connectivity index (χ2v) is 9.62. The lowest BCUT2D eigenvalue weighted by Gasteiger charge is -2.69. The highest BCUT2D eigenvalue weighted by atomic mass is 35.5. The fraction of sp³-hybridized carbons (Fsp3) is 0.417. The summed E-state index contributed by atoms with van der Waals surface area (Å²) >= 11 is 12.0. The van der Waals surface area contributed by atoms with Gasteiger partial charge in [-0.1, -0.05) is 42.3 Å². The molecular formula is C24H26Cl2N2O3. The molecule has 0 unspecified atom stereocenters. The molecule has 2 bridgehead atoms. The quantitative estimate of drug-likeness (QED) is 0.591. The molecule has 3 fully saturated rings. The van der Waals surface area contributed by atoms with E-state index in [2.05, 4.69) is 10.6 Å². The zero-order valence-electron chi connectivity index (χ0n) is 17.6. The van der Waals surface area contributed by atoms with Crippen molar-refractivity contribution in [3.05, 3.63) is 63.6 Å². The summed E-state index contributed by atoms with van der Waals surface area (Å²) in [5.74, 6) is 0.507. The van der Waals surface area contributed by atoms with Crippen LogP contribution in [0, 0.1) is 5.41 Å². The number of ether oxygens (including phenoxy) is 1. The van der Waals surface area contributed by atoms with E-state index in [9.17, 15) is 9.59 Å². The topological polar surface area (TPSA) is 67.4 Å². The Bertz CT molecular complexity index is 987. The third kappa shape index (κ3) is 4.39. The van der Waals surface area contributed by atoms with Crippen molar-refractivity contribution in [2.75, 3.05) is 6.61 Å². The van der Waals surface area contributed by atoms with E-state index in [1.807, 2.05) is 44.2 Å². The lowest BCUT2D eigenvalue weighted by Crippen LogP contribution is -2.78. The van der Waals surface area contributed by atoms with Gasteiger partial charge >= 0.3 is 0 Å². The molecule has 0 aliphatic heterocycles. The van der Waals surface area contributed by atoms with Crippen molar-refractivity contribution >= 4 is 35.0 Å². The summed E-state index contributed by atoms with van der Waals surface area (Å²) in [6, 6.07) is 12.8. The number of aryl methyl sites for hydroxylation is 1. The number of carbonyl (C=O) groups excluding carboxylic acids is 2. The molecular weight excluding hydrogens is 435 g/mol. The van der Waals surface area contributed by atoms with E-state index in [1.54, 1.807) is 12.1 Å². The van der Waals surface area contributed by atoms with E-state index in [0.29, 0.717) is 35.1 Å². The average Bonchev–Trinajstić information content (AvgIpc) is 2.69. The Morgan fingerprint density at radius 2 is 1.77 bits per heavy atom. The van der Waals surface area contributed by atoms with Crippen LogP contribution in [-0.4, -0.2) is 24.0 Å². The Kier molecular flexibility index (Phi) is 5.93. The van der Waals surface area contributed by atoms with Gasteiger partial charge in [-0.15, -0.1) is 0 Å². The Hall–Kier alpha value is -2.24. The van der Waals surface area contributed by atoms with Gasteiger partial charge < -0.3 is 15.4 Å². The van der Waals surface area contributed by atoms with Crippen LogP contribution in [0.3, 0.4) is 0 Å². The van der Waals surface area contributed by atoms with E-state index < -0.39 is 0 Å². The van der Waals surface area contributed by atoms with Crippen molar-refractivity contribution < 1.29 is 14.3 Å². The third-order valence-electron chi connectivity index (χ3n) is 6.40. The maximum atomic E-state index is 12.8. The van der Waals surface area contributed by atoms with Crippen molar-refractivity contribution in [2.24, 2.45) is 5.41 Å². The Labute approximate surface area is 192 Å². The normalized spacial score (nSPS) is 24.4. The lowest BCUT2D eigenvalue weighted by molar-refractivity contribution is -0.184. The highest BCUT2D eigenvalue weighted by Crippen LogP contribution is 2.67. The minimum absolute atomic E-state index is 0.0515. The van der Waals surface area contributed by atoms with E-state index in [0.717, 1.165) is 17.5 Å². The molecule has 1 atom stereocenters. The van der Waals surface area contributed by atoms with Crippen LogP contribution in [0.15, 0.2) is 42.5 Å². The largest absolute Gasteiger partial charge is 0.484 e. The van der Waals surface area contributed by atoms with Gasteiger partial charge in [0, 0.05) is 15.6 Å². The molecule has 3 aliphatic carbocycles. The number of carbonyl (C=O) groups is 2. The van der Waals surface area contributed by atoms with Gasteiger partial charge in [0.05, 0.1) is 11.5 Å². The van der Waals surface area contributed by atoms with Gasteiger partial charge in [-0.3, -0.25) is 9.59 Å². The van der Waals surface area contributed by atoms with Crippen LogP contribution in [0.1, 0.15) is 50.3 Å². The number of hydrogen-bond donors (Lipinski definition) is 2. The smallest absolute Gasteiger partial charge is 0.258 e. The third-order valence-corrected chi connectivity index (χ3v) is 7.02. The minimum Gasteiger partial charge on any atom is -0.484 e. The summed E-state index contributed by atoms with van der Waals surface area (Å²) < 4.78 is 5.62. The van der Waals surface area contributed by atoms with Crippen LogP contribution in [0.2, 0.25) is 10.0 Å². The summed E-state index contributed by atoms with van der Waals surface area (Å²) in [4.78, 5) is 25.1. The first kappa shape index (κ1) is 22.0. The maximum absolute atomic E-state index is 12.8. The average molecular weight is 461 g/mol. The van der Waals surface area contributed by atoms with Gasteiger partial charge in [-0.2, -0.15) is 0 Å². The summed E-state index contributed by atoms with van der Waals surface area (Å²) in [5.41, 5.74) is 1.37. The molecule has 0 heterocycles. The standard InChI is InChI=1S/C24H26Cl2N2O3/c1-3-16-10-19(8-9-20(16)26)31-11-21(29)28-24-12-23(13-24,14-24)22(30)27-15(2)17-4-6-18(25)7-5-17/h4-10,15H,3,11-14H2,1-2H3,(H,27,30)(H,28,29)/t15-,23?,24?/m1/s1. The zero-order valence-corrected chi connectivity index (χ0v) is 19.1. The van der Waals surface area contributed by atoms with E-state index >= 15 is 0 Å². The van der Waals surface area contributed by atoms with Crippen LogP contribution in [0.25, 0.3) is 0 Å². The van der Waals surface area contributed by atoms with Crippen LogP contribution in [0.5, 0.6) is 5.75 Å². The van der Waals surface area contributed by atoms with Crippen molar-refractivity contribution in [2.45, 2.75) is 51.1 Å². The van der Waals surface area contributed by atoms with Crippen LogP contribution >= 0.6 is 23.2 Å². The predicted octanol–water partition coefficient (Wildman–Crippen LogP) is 4.85. The molecule has 2 N–H and O–H groups in total. The van der Waals surface area contributed by atoms with Crippen LogP contribution in [0.4, 0.5) is 0 Å². The molecule has 5 nitrogen and oxygen atoms in total. The SMILES string of the molecule is CCc1cc(OCC(=O)NC23CC(C(=O)N[C@H](C)c4ccc(Cl)cc4)(C2)C3)ccc1Cl. The molecule has 3 aliphatic rings. The van der Waals surface area contributed by atoms with Crippen molar-refractivity contribution in [1.82, 2.24) is 10.6 Å². The molecule has 2 amide bonds. The fourth-order valence-electron chi connectivity index (χ4n) is 4.74. The van der Waals surface area contributed by atoms with Crippen molar-refractivity contribution in [3.63, 3.8) is 0 Å². The molecule has 5 rings (SSSR count). The molecule has 0 aromatic heterocycles. The van der Waals surface area contributed by atoms with Gasteiger partial charge in [0.2, 0.25) is 5.91 Å². The Morgan fingerprint density at radius 3 is 2.42 bits per heavy atom. The van der Waals surface area contributed by atoms with Crippen molar-refractivity contribution in [1.29, 1.82) is 0 Å². The number of rotatable bonds is 8. The molecule has 31 heavy (non-hydrogen) atoms. The summed E-state index contributed by atoms with van der Waals surface area (Å²) in [6.07, 6.45) is 2.82. The van der Waals surface area contributed by atoms with Gasteiger partial charge in [0.25, 0.3) is 5.91 Å². The number of nitrogens with one attached hydrogen (secondary N) is 2. The van der Waals surface area contributed by atoms with Crippen LogP contribution in [-0.2, 0) is 16.0 Å². The number of halogens is 2. The van der Waals surface area contributed by atoms with E-state index in [-0.39, 0.29) is 35.4 Å². The first-order chi connectivity index (χ1) is 14.7. The minimum atomic E-state index is -0.360. The Morgan fingerprint density at radius 1 is 1.10 bits per heavy atom. The highest BCUT2D eigenvalue weighted by Gasteiger charge is 2.72. The van der Waals surface area contributed by atoms with Gasteiger partial charge in [0.15, 0.2) is 6.61 Å². The first-order valence-electron chi connectivity index (χ1n) is 10.5. The second-order valence-electron chi connectivity index (χ2n) is 8.78. The number of amides is 2. The molecule has 164 valence electrons. The summed E-state index contributed by atoms with van der Waals surface area (Å²) in [6.45, 7) is 3.92. The monoisotopic (exact) mass is 460 g/mol. The zero-order chi connectivity index (χ0) is 22.2. The predicted molar refractivity (Wildman–Crippen MR) is 121 cm³/mol. The van der Waals surface area contributed by atoms with Crippen molar-refractivity contribution in [3.8, 4) is 5.75 Å². The maximum Gasteiger partial charge on any atom is 0.258 e. The molecule has 0 spiro atoms. The van der Waals surface area contributed by atoms with E-state index in [1.165, 1.54) is 0 Å². The van der Waals surface area contributed by atoms with Gasteiger partial charge in [0.1, 0.15) is 5.75 Å². The van der Waals surface area contributed by atoms with Gasteiger partial charge in [-0.25, -0.2) is 0 Å². The molecule has 2 aromatic carbocycles. The summed E-state index contributed by atoms with van der Waals surface area (Å²) in [7, 11) is 0. The fourth-order valence-corrected chi connectivity index (χ4v) is 5.12. The van der Waals surface area contributed by atoms with Gasteiger partial charge in [-0.05, 0) is 74.1 Å². The molecule has 3 saturated carbocycles. The Balaban J connectivity index is 1.24. The molecule has 2 aromatic rings. The molecule has 0 radical (unpaired) electrons. The second kappa shape index (κ2) is 8.36. The number of benzene rings is 2. The first-order valence-corrected chi connectivity index (χ1v) is 11.3. The summed E-state index contributed by atoms with van der Waals surface area (Å²) in [5, 5.41) is 7.52. The van der Waals surface area contributed by atoms with Crippen LogP contribution < -0.4 is 15.4 Å².